The van der Waals surface area contributed by atoms with Crippen LogP contribution in [0.25, 0.3) is 0 Å². The molecule has 3 saturated heterocycles. The predicted octanol–water partition coefficient (Wildman–Crippen LogP) is 1.79. The highest BCUT2D eigenvalue weighted by Crippen LogP contribution is 2.30. The van der Waals surface area contributed by atoms with Gasteiger partial charge in [-0.3, -0.25) is 14.6 Å². The molecule has 3 aliphatic heterocycles. The first-order valence-electron chi connectivity index (χ1n) is 9.62. The first-order chi connectivity index (χ1) is 13.7. The Labute approximate surface area is 164 Å². The van der Waals surface area contributed by atoms with Gasteiger partial charge in [0.25, 0.3) is 5.91 Å². The molecule has 0 aliphatic carbocycles. The molecular formula is C21H24N4O3. The summed E-state index contributed by atoms with van der Waals surface area (Å²) in [7, 11) is 1.62. The summed E-state index contributed by atoms with van der Waals surface area (Å²) in [6.07, 6.45) is 6.86. The highest BCUT2D eigenvalue weighted by atomic mass is 16.5. The maximum absolute atomic E-state index is 13.1. The third-order valence-corrected chi connectivity index (χ3v) is 5.64. The number of hydrogen-bond acceptors (Lipinski definition) is 5. The van der Waals surface area contributed by atoms with Crippen LogP contribution in [-0.2, 0) is 11.2 Å². The lowest BCUT2D eigenvalue weighted by Gasteiger charge is -2.36. The minimum absolute atomic E-state index is 0.0431. The molecule has 7 heteroatoms. The molecule has 0 saturated carbocycles. The molecule has 4 heterocycles. The Morgan fingerprint density at radius 2 is 2.00 bits per heavy atom. The SMILES string of the molecule is COc1ccccc1CC(=O)N1C[C@H]2CC[C@@H]1CN(C(=O)c1cnccn1)C2. The first-order valence-corrected chi connectivity index (χ1v) is 9.62. The van der Waals surface area contributed by atoms with E-state index in [1.54, 1.807) is 13.3 Å². The Morgan fingerprint density at radius 3 is 2.79 bits per heavy atom. The molecule has 1 aromatic carbocycles. The summed E-state index contributed by atoms with van der Waals surface area (Å²) in [4.78, 5) is 37.8. The van der Waals surface area contributed by atoms with Crippen LogP contribution in [-0.4, -0.2) is 64.4 Å². The van der Waals surface area contributed by atoms with E-state index in [-0.39, 0.29) is 17.9 Å². The lowest BCUT2D eigenvalue weighted by Crippen LogP contribution is -2.48. The Bertz CT molecular complexity index is 858. The predicted molar refractivity (Wildman–Crippen MR) is 103 cm³/mol. The molecule has 2 bridgehead atoms. The number of methoxy groups -OCH3 is 1. The average molecular weight is 380 g/mol. The molecule has 3 aliphatic rings. The number of carbonyl (C=O) groups excluding carboxylic acids is 2. The molecule has 1 aromatic heterocycles. The van der Waals surface area contributed by atoms with Crippen molar-refractivity contribution in [2.24, 2.45) is 5.92 Å². The number of nitrogens with zero attached hydrogens (tertiary/aromatic N) is 4. The molecule has 3 fully saturated rings. The second-order valence-electron chi connectivity index (χ2n) is 7.43. The molecule has 0 spiro atoms. The van der Waals surface area contributed by atoms with Crippen molar-refractivity contribution < 1.29 is 14.3 Å². The maximum Gasteiger partial charge on any atom is 0.274 e. The van der Waals surface area contributed by atoms with Gasteiger partial charge in [-0.1, -0.05) is 18.2 Å². The largest absolute Gasteiger partial charge is 0.496 e. The van der Waals surface area contributed by atoms with Crippen LogP contribution in [0.1, 0.15) is 28.9 Å². The van der Waals surface area contributed by atoms with Gasteiger partial charge < -0.3 is 14.5 Å². The molecule has 2 atom stereocenters. The third-order valence-electron chi connectivity index (χ3n) is 5.64. The van der Waals surface area contributed by atoms with Gasteiger partial charge in [-0.15, -0.1) is 0 Å². The molecule has 7 nitrogen and oxygen atoms in total. The number of fused-ring (bicyclic) bond motifs is 4. The summed E-state index contributed by atoms with van der Waals surface area (Å²) >= 11 is 0. The van der Waals surface area contributed by atoms with Crippen molar-refractivity contribution in [3.63, 3.8) is 0 Å². The van der Waals surface area contributed by atoms with Gasteiger partial charge in [0.15, 0.2) is 0 Å². The molecule has 5 rings (SSSR count). The van der Waals surface area contributed by atoms with E-state index < -0.39 is 0 Å². The number of benzene rings is 1. The standard InChI is InChI=1S/C21H24N4O3/c1-28-19-5-3-2-4-16(19)10-20(26)25-13-15-6-7-17(25)14-24(12-15)21(27)18-11-22-8-9-23-18/h2-5,8-9,11,15,17H,6-7,10,12-14H2,1H3/t15-,17+/m0/s1. The molecular weight excluding hydrogens is 356 g/mol. The highest BCUT2D eigenvalue weighted by molar-refractivity contribution is 5.92. The molecule has 28 heavy (non-hydrogen) atoms. The van der Waals surface area contributed by atoms with Crippen LogP contribution in [0.2, 0.25) is 0 Å². The topological polar surface area (TPSA) is 75.6 Å². The van der Waals surface area contributed by atoms with Gasteiger partial charge in [-0.25, -0.2) is 4.98 Å². The van der Waals surface area contributed by atoms with Gasteiger partial charge in [0, 0.05) is 43.6 Å². The zero-order chi connectivity index (χ0) is 19.5. The fourth-order valence-corrected chi connectivity index (χ4v) is 4.24. The number of hydrogen-bond donors (Lipinski definition) is 0. The van der Waals surface area contributed by atoms with E-state index in [0.717, 1.165) is 24.2 Å². The van der Waals surface area contributed by atoms with Gasteiger partial charge >= 0.3 is 0 Å². The van der Waals surface area contributed by atoms with Crippen LogP contribution in [0.4, 0.5) is 0 Å². The number of rotatable bonds is 4. The summed E-state index contributed by atoms with van der Waals surface area (Å²) in [5.41, 5.74) is 1.25. The maximum atomic E-state index is 13.1. The zero-order valence-corrected chi connectivity index (χ0v) is 16.0. The van der Waals surface area contributed by atoms with Gasteiger partial charge in [0.05, 0.1) is 19.7 Å². The molecule has 0 radical (unpaired) electrons. The van der Waals surface area contributed by atoms with E-state index in [1.165, 1.54) is 12.4 Å². The molecule has 0 unspecified atom stereocenters. The lowest BCUT2D eigenvalue weighted by atomic mass is 9.94. The average Bonchev–Trinajstić information content (AvgIpc) is 3.06. The minimum Gasteiger partial charge on any atom is -0.496 e. The van der Waals surface area contributed by atoms with Crippen molar-refractivity contribution in [3.8, 4) is 5.75 Å². The van der Waals surface area contributed by atoms with Crippen molar-refractivity contribution in [1.82, 2.24) is 19.8 Å². The van der Waals surface area contributed by atoms with Crippen molar-refractivity contribution in [3.05, 3.63) is 54.1 Å². The summed E-state index contributed by atoms with van der Waals surface area (Å²) in [6.45, 7) is 1.90. The van der Waals surface area contributed by atoms with Crippen molar-refractivity contribution in [2.45, 2.75) is 25.3 Å². The quantitative estimate of drug-likeness (QED) is 0.808. The zero-order valence-electron chi connectivity index (χ0n) is 16.0. The van der Waals surface area contributed by atoms with Crippen LogP contribution < -0.4 is 4.74 Å². The lowest BCUT2D eigenvalue weighted by molar-refractivity contribution is -0.134. The number of carbonyl (C=O) groups is 2. The highest BCUT2D eigenvalue weighted by Gasteiger charge is 2.39. The molecule has 2 amide bonds. The summed E-state index contributed by atoms with van der Waals surface area (Å²) in [6, 6.07) is 7.66. The van der Waals surface area contributed by atoms with Gasteiger partial charge in [0.2, 0.25) is 5.91 Å². The minimum atomic E-state index is -0.107. The van der Waals surface area contributed by atoms with Crippen LogP contribution in [0.5, 0.6) is 5.75 Å². The first kappa shape index (κ1) is 18.4. The van der Waals surface area contributed by atoms with E-state index in [0.29, 0.717) is 37.7 Å². The number of piperidine rings is 1. The van der Waals surface area contributed by atoms with Crippen LogP contribution in [0.15, 0.2) is 42.9 Å². The van der Waals surface area contributed by atoms with Crippen LogP contribution >= 0.6 is 0 Å². The summed E-state index contributed by atoms with van der Waals surface area (Å²) in [5.74, 6) is 1.01. The third kappa shape index (κ3) is 3.69. The van der Waals surface area contributed by atoms with E-state index in [9.17, 15) is 9.59 Å². The Kier molecular flexibility index (Phi) is 5.23. The van der Waals surface area contributed by atoms with Gasteiger partial charge in [0.1, 0.15) is 11.4 Å². The molecule has 146 valence electrons. The second-order valence-corrected chi connectivity index (χ2v) is 7.43. The van der Waals surface area contributed by atoms with E-state index in [2.05, 4.69) is 9.97 Å². The molecule has 2 aromatic rings. The van der Waals surface area contributed by atoms with Crippen molar-refractivity contribution in [2.75, 3.05) is 26.7 Å². The van der Waals surface area contributed by atoms with E-state index in [1.807, 2.05) is 34.1 Å². The second kappa shape index (κ2) is 7.96. The smallest absolute Gasteiger partial charge is 0.274 e. The Balaban J connectivity index is 1.49. The van der Waals surface area contributed by atoms with E-state index >= 15 is 0 Å². The van der Waals surface area contributed by atoms with Crippen molar-refractivity contribution in [1.29, 1.82) is 0 Å². The summed E-state index contributed by atoms with van der Waals surface area (Å²) in [5, 5.41) is 0. The molecule has 0 N–H and O–H groups in total. The Hall–Kier alpha value is -2.96. The number of ether oxygens (including phenoxy) is 1. The van der Waals surface area contributed by atoms with E-state index in [4.69, 9.17) is 4.74 Å². The number of amides is 2. The fourth-order valence-electron chi connectivity index (χ4n) is 4.24. The van der Waals surface area contributed by atoms with Crippen molar-refractivity contribution >= 4 is 11.8 Å². The Morgan fingerprint density at radius 1 is 1.14 bits per heavy atom. The van der Waals surface area contributed by atoms with Gasteiger partial charge in [-0.05, 0) is 24.8 Å². The normalized spacial score (nSPS) is 21.3. The summed E-state index contributed by atoms with van der Waals surface area (Å²) < 4.78 is 5.38. The van der Waals surface area contributed by atoms with Crippen LogP contribution in [0, 0.1) is 5.92 Å². The number of para-hydroxylation sites is 1. The monoisotopic (exact) mass is 380 g/mol. The number of aromatic nitrogens is 2. The fraction of sp³-hybridized carbons (Fsp3) is 0.429. The van der Waals surface area contributed by atoms with Gasteiger partial charge in [-0.2, -0.15) is 0 Å². The van der Waals surface area contributed by atoms with Crippen LogP contribution in [0.3, 0.4) is 0 Å².